The van der Waals surface area contributed by atoms with Gasteiger partial charge in [0.15, 0.2) is 0 Å². The molecule has 0 amide bonds. The van der Waals surface area contributed by atoms with Crippen molar-refractivity contribution < 1.29 is 4.21 Å². The van der Waals surface area contributed by atoms with Gasteiger partial charge in [-0.25, -0.2) is 0 Å². The van der Waals surface area contributed by atoms with E-state index in [1.54, 1.807) is 6.26 Å². The fourth-order valence-electron chi connectivity index (χ4n) is 1.59. The van der Waals surface area contributed by atoms with Crippen LogP contribution in [0.15, 0.2) is 0 Å². The Balaban J connectivity index is 2.37. The van der Waals surface area contributed by atoms with Crippen LogP contribution in [0.3, 0.4) is 0 Å². The Labute approximate surface area is 83.3 Å². The van der Waals surface area contributed by atoms with E-state index >= 15 is 0 Å². The second-order valence-electron chi connectivity index (χ2n) is 3.86. The van der Waals surface area contributed by atoms with Crippen LogP contribution in [0.5, 0.6) is 0 Å². The predicted molar refractivity (Wildman–Crippen MR) is 57.4 cm³/mol. The van der Waals surface area contributed by atoms with Gasteiger partial charge in [-0.15, -0.1) is 0 Å². The molecule has 1 N–H and O–H groups in total. The van der Waals surface area contributed by atoms with Crippen molar-refractivity contribution in [3.05, 3.63) is 0 Å². The summed E-state index contributed by atoms with van der Waals surface area (Å²) in [6.07, 6.45) is 1.79. The lowest BCUT2D eigenvalue weighted by molar-refractivity contribution is 0.176. The number of rotatable bonds is 3. The van der Waals surface area contributed by atoms with E-state index in [0.717, 1.165) is 26.2 Å². The molecule has 1 aliphatic heterocycles. The highest BCUT2D eigenvalue weighted by Crippen LogP contribution is 2.05. The van der Waals surface area contributed by atoms with E-state index < -0.39 is 10.8 Å². The molecule has 1 saturated heterocycles. The largest absolute Gasteiger partial charge is 0.314 e. The molecule has 0 aromatic carbocycles. The Bertz CT molecular complexity index is 186. The Morgan fingerprint density at radius 2 is 2.38 bits per heavy atom. The highest BCUT2D eigenvalue weighted by molar-refractivity contribution is 7.84. The van der Waals surface area contributed by atoms with Crippen molar-refractivity contribution in [1.29, 1.82) is 0 Å². The Hall–Kier alpha value is 0.0700. The van der Waals surface area contributed by atoms with Gasteiger partial charge < -0.3 is 5.32 Å². The summed E-state index contributed by atoms with van der Waals surface area (Å²) in [7, 11) is -0.689. The summed E-state index contributed by atoms with van der Waals surface area (Å²) in [5, 5.41) is 3.64. The highest BCUT2D eigenvalue weighted by Gasteiger charge is 2.20. The Kier molecular flexibility index (Phi) is 4.35. The Morgan fingerprint density at radius 1 is 1.69 bits per heavy atom. The zero-order chi connectivity index (χ0) is 9.84. The second kappa shape index (κ2) is 5.08. The summed E-state index contributed by atoms with van der Waals surface area (Å²) in [4.78, 5) is 2.42. The van der Waals surface area contributed by atoms with Crippen LogP contribution in [0.4, 0.5) is 0 Å². The van der Waals surface area contributed by atoms with E-state index in [2.05, 4.69) is 24.1 Å². The summed E-state index contributed by atoms with van der Waals surface area (Å²) >= 11 is 0. The molecule has 0 bridgehead atoms. The maximum Gasteiger partial charge on any atom is 0.0444 e. The molecular formula is C9H20N2OS. The van der Waals surface area contributed by atoms with Crippen LogP contribution < -0.4 is 5.32 Å². The molecule has 0 aliphatic carbocycles. The van der Waals surface area contributed by atoms with Gasteiger partial charge >= 0.3 is 0 Å². The summed E-state index contributed by atoms with van der Waals surface area (Å²) in [6.45, 7) is 8.45. The van der Waals surface area contributed by atoms with Crippen molar-refractivity contribution in [2.24, 2.45) is 0 Å². The summed E-state index contributed by atoms with van der Waals surface area (Å²) in [5.74, 6) is 0. The van der Waals surface area contributed by atoms with Gasteiger partial charge in [-0.3, -0.25) is 9.11 Å². The van der Waals surface area contributed by atoms with Crippen LogP contribution in [0, 0.1) is 0 Å². The molecule has 13 heavy (non-hydrogen) atoms. The number of nitrogens with zero attached hydrogens (tertiary/aromatic N) is 1. The number of hydrogen-bond acceptors (Lipinski definition) is 3. The van der Waals surface area contributed by atoms with Crippen molar-refractivity contribution in [3.8, 4) is 0 Å². The van der Waals surface area contributed by atoms with E-state index in [9.17, 15) is 4.21 Å². The van der Waals surface area contributed by atoms with Crippen molar-refractivity contribution >= 4 is 10.8 Å². The van der Waals surface area contributed by atoms with Crippen molar-refractivity contribution in [2.45, 2.75) is 25.1 Å². The van der Waals surface area contributed by atoms with Crippen LogP contribution in [0.2, 0.25) is 0 Å². The van der Waals surface area contributed by atoms with Gasteiger partial charge in [0, 0.05) is 54.5 Å². The molecule has 0 saturated carbocycles. The van der Waals surface area contributed by atoms with Gasteiger partial charge in [-0.2, -0.15) is 0 Å². The predicted octanol–water partition coefficient (Wildman–Crippen LogP) is 0.0471. The Morgan fingerprint density at radius 3 is 2.92 bits per heavy atom. The number of hydrogen-bond donors (Lipinski definition) is 1. The standard InChI is InChI=1S/C9H20N2OS/c1-8-6-10-4-5-11(8)7-9(2)13(3)12/h8-10H,4-7H2,1-3H3. The molecule has 0 spiro atoms. The van der Waals surface area contributed by atoms with Crippen molar-refractivity contribution in [3.63, 3.8) is 0 Å². The van der Waals surface area contributed by atoms with Crippen LogP contribution in [-0.2, 0) is 10.8 Å². The molecule has 3 unspecified atom stereocenters. The zero-order valence-corrected chi connectivity index (χ0v) is 9.56. The molecule has 1 heterocycles. The first kappa shape index (κ1) is 11.1. The number of nitrogens with one attached hydrogen (secondary N) is 1. The first-order chi connectivity index (χ1) is 6.11. The second-order valence-corrected chi connectivity index (χ2v) is 5.66. The minimum absolute atomic E-state index is 0.292. The van der Waals surface area contributed by atoms with E-state index in [4.69, 9.17) is 0 Å². The third kappa shape index (κ3) is 3.37. The lowest BCUT2D eigenvalue weighted by Crippen LogP contribution is -2.51. The van der Waals surface area contributed by atoms with E-state index in [1.165, 1.54) is 0 Å². The molecule has 78 valence electrons. The molecule has 0 aromatic rings. The van der Waals surface area contributed by atoms with Gasteiger partial charge in [0.25, 0.3) is 0 Å². The monoisotopic (exact) mass is 204 g/mol. The van der Waals surface area contributed by atoms with E-state index in [1.807, 2.05) is 0 Å². The first-order valence-corrected chi connectivity index (χ1v) is 6.50. The molecule has 1 aliphatic rings. The first-order valence-electron chi connectivity index (χ1n) is 4.88. The number of piperazine rings is 1. The van der Waals surface area contributed by atoms with Crippen LogP contribution >= 0.6 is 0 Å². The van der Waals surface area contributed by atoms with Gasteiger partial charge in [0.05, 0.1) is 0 Å². The molecule has 4 heteroatoms. The molecule has 1 rings (SSSR count). The van der Waals surface area contributed by atoms with Gasteiger partial charge in [0.2, 0.25) is 0 Å². The average Bonchev–Trinajstić information content (AvgIpc) is 2.08. The van der Waals surface area contributed by atoms with Crippen LogP contribution in [0.1, 0.15) is 13.8 Å². The van der Waals surface area contributed by atoms with Crippen molar-refractivity contribution in [1.82, 2.24) is 10.2 Å². The fourth-order valence-corrected chi connectivity index (χ4v) is 1.99. The van der Waals surface area contributed by atoms with E-state index in [0.29, 0.717) is 11.3 Å². The topological polar surface area (TPSA) is 32.3 Å². The minimum Gasteiger partial charge on any atom is -0.314 e. The maximum absolute atomic E-state index is 11.2. The lowest BCUT2D eigenvalue weighted by atomic mass is 10.2. The highest BCUT2D eigenvalue weighted by atomic mass is 32.2. The summed E-state index contributed by atoms with van der Waals surface area (Å²) in [6, 6.07) is 0.583. The maximum atomic E-state index is 11.2. The zero-order valence-electron chi connectivity index (χ0n) is 8.75. The normalized spacial score (nSPS) is 29.9. The van der Waals surface area contributed by atoms with Crippen LogP contribution in [0.25, 0.3) is 0 Å². The molecule has 1 fully saturated rings. The summed E-state index contributed by atoms with van der Waals surface area (Å²) < 4.78 is 11.2. The SMILES string of the molecule is CC1CNCCN1CC(C)S(C)=O. The fraction of sp³-hybridized carbons (Fsp3) is 1.00. The third-order valence-corrected chi connectivity index (χ3v) is 3.98. The van der Waals surface area contributed by atoms with Gasteiger partial charge in [0.1, 0.15) is 0 Å². The van der Waals surface area contributed by atoms with Crippen LogP contribution in [-0.4, -0.2) is 52.8 Å². The smallest absolute Gasteiger partial charge is 0.0444 e. The minimum atomic E-state index is -0.689. The van der Waals surface area contributed by atoms with Gasteiger partial charge in [-0.1, -0.05) is 0 Å². The quantitative estimate of drug-likeness (QED) is 0.705. The average molecular weight is 204 g/mol. The molecule has 3 atom stereocenters. The molecule has 0 radical (unpaired) electrons. The lowest BCUT2D eigenvalue weighted by Gasteiger charge is -2.35. The third-order valence-electron chi connectivity index (χ3n) is 2.70. The van der Waals surface area contributed by atoms with E-state index in [-0.39, 0.29) is 0 Å². The van der Waals surface area contributed by atoms with Crippen molar-refractivity contribution in [2.75, 3.05) is 32.4 Å². The van der Waals surface area contributed by atoms with Gasteiger partial charge in [-0.05, 0) is 13.8 Å². The molecule has 3 nitrogen and oxygen atoms in total. The molecular weight excluding hydrogens is 184 g/mol. The summed E-state index contributed by atoms with van der Waals surface area (Å²) in [5.41, 5.74) is 0. The molecule has 0 aromatic heterocycles.